The molecule has 0 unspecified atom stereocenters. The van der Waals surface area contributed by atoms with E-state index in [2.05, 4.69) is 41.6 Å². The van der Waals surface area contributed by atoms with Crippen molar-refractivity contribution in [3.05, 3.63) is 64.2 Å². The lowest BCUT2D eigenvalue weighted by molar-refractivity contribution is -0.127. The first-order valence-corrected chi connectivity index (χ1v) is 13.3. The molecule has 0 atom stereocenters. The number of nitrogens with zero attached hydrogens (tertiary/aromatic N) is 2. The zero-order chi connectivity index (χ0) is 25.1. The maximum Gasteiger partial charge on any atom is 0.250 e. The van der Waals surface area contributed by atoms with Crippen molar-refractivity contribution in [2.75, 3.05) is 25.0 Å². The summed E-state index contributed by atoms with van der Waals surface area (Å²) in [4.78, 5) is 33.2. The molecular weight excluding hydrogens is 448 g/mol. The van der Waals surface area contributed by atoms with E-state index in [1.165, 1.54) is 11.1 Å². The Bertz CT molecular complexity index is 1220. The summed E-state index contributed by atoms with van der Waals surface area (Å²) in [5.74, 6) is 0.144. The first kappa shape index (κ1) is 24.4. The highest BCUT2D eigenvalue weighted by Gasteiger charge is 2.51. The number of amides is 2. The Balaban J connectivity index is 1.35. The summed E-state index contributed by atoms with van der Waals surface area (Å²) in [6.45, 7) is 7.59. The van der Waals surface area contributed by atoms with Crippen LogP contribution < -0.4 is 10.6 Å². The predicted octanol–water partition coefficient (Wildman–Crippen LogP) is 5.14. The minimum absolute atomic E-state index is 0.0463. The topological polar surface area (TPSA) is 73.8 Å². The van der Waals surface area contributed by atoms with Crippen LogP contribution in [0.1, 0.15) is 68.2 Å². The molecule has 5 rings (SSSR count). The standard InChI is InChI=1S/C30H36N4O2/c1-3-15-34(16-4-2)28(35)23-10-14-32-27-19-25(7-5-22(27)17-23)30(11-12-30)29(36)33-26-8-6-21-9-13-31-20-24(21)18-26/h5-8,14,17-19,31H,3-4,9-13,15-16,20H2,1-2H3,(H,33,36). The van der Waals surface area contributed by atoms with Crippen LogP contribution in [0.15, 0.2) is 47.0 Å². The summed E-state index contributed by atoms with van der Waals surface area (Å²) in [5.41, 5.74) is 6.49. The van der Waals surface area contributed by atoms with E-state index < -0.39 is 5.41 Å². The van der Waals surface area contributed by atoms with Crippen LogP contribution in [0.3, 0.4) is 0 Å². The molecule has 2 N–H and O–H groups in total. The molecule has 1 aliphatic carbocycles. The van der Waals surface area contributed by atoms with Gasteiger partial charge in [-0.25, -0.2) is 0 Å². The fourth-order valence-corrected chi connectivity index (χ4v) is 5.35. The Morgan fingerprint density at radius 3 is 2.61 bits per heavy atom. The van der Waals surface area contributed by atoms with E-state index >= 15 is 0 Å². The SMILES string of the molecule is CCCN(CCC)C(=O)C1=Cc2ccc(C3(C(=O)Nc4ccc5c(c4)CNCC5)CC3)cc2N=CC1. The van der Waals surface area contributed by atoms with Crippen LogP contribution in [-0.4, -0.2) is 42.6 Å². The number of rotatable bonds is 8. The fraction of sp³-hybridized carbons (Fsp3) is 0.433. The molecule has 0 spiro atoms. The smallest absolute Gasteiger partial charge is 0.250 e. The molecule has 6 nitrogen and oxygen atoms in total. The summed E-state index contributed by atoms with van der Waals surface area (Å²) in [5, 5.41) is 6.57. The van der Waals surface area contributed by atoms with Crippen molar-refractivity contribution in [1.29, 1.82) is 0 Å². The third kappa shape index (κ3) is 4.87. The molecular formula is C30H36N4O2. The van der Waals surface area contributed by atoms with Gasteiger partial charge in [-0.15, -0.1) is 0 Å². The largest absolute Gasteiger partial charge is 0.339 e. The van der Waals surface area contributed by atoms with Crippen LogP contribution in [0.4, 0.5) is 11.4 Å². The Hall–Kier alpha value is -3.25. The highest BCUT2D eigenvalue weighted by atomic mass is 16.2. The number of anilines is 1. The van der Waals surface area contributed by atoms with Crippen LogP contribution in [0.2, 0.25) is 0 Å². The van der Waals surface area contributed by atoms with Gasteiger partial charge in [-0.3, -0.25) is 14.6 Å². The van der Waals surface area contributed by atoms with Crippen molar-refractivity contribution >= 4 is 35.5 Å². The van der Waals surface area contributed by atoms with Gasteiger partial charge in [0.2, 0.25) is 11.8 Å². The lowest BCUT2D eigenvalue weighted by atomic mass is 9.92. The van der Waals surface area contributed by atoms with Gasteiger partial charge in [0.1, 0.15) is 0 Å². The molecule has 2 heterocycles. The molecule has 36 heavy (non-hydrogen) atoms. The summed E-state index contributed by atoms with van der Waals surface area (Å²) < 4.78 is 0. The van der Waals surface area contributed by atoms with E-state index in [-0.39, 0.29) is 11.8 Å². The van der Waals surface area contributed by atoms with Gasteiger partial charge >= 0.3 is 0 Å². The molecule has 6 heteroatoms. The Kier molecular flexibility index (Phi) is 7.06. The molecule has 1 saturated carbocycles. The Labute approximate surface area is 213 Å². The number of fused-ring (bicyclic) bond motifs is 2. The van der Waals surface area contributed by atoms with Crippen LogP contribution >= 0.6 is 0 Å². The van der Waals surface area contributed by atoms with Gasteiger partial charge in [-0.05, 0) is 79.6 Å². The van der Waals surface area contributed by atoms with E-state index in [0.29, 0.717) is 6.42 Å². The van der Waals surface area contributed by atoms with Crippen LogP contribution in [0.25, 0.3) is 6.08 Å². The first-order valence-electron chi connectivity index (χ1n) is 13.3. The quantitative estimate of drug-likeness (QED) is 0.545. The highest BCUT2D eigenvalue weighted by molar-refractivity contribution is 6.03. The van der Waals surface area contributed by atoms with Gasteiger partial charge in [0.15, 0.2) is 0 Å². The second-order valence-electron chi connectivity index (χ2n) is 10.2. The molecule has 1 fully saturated rings. The molecule has 0 bridgehead atoms. The molecule has 0 radical (unpaired) electrons. The number of hydrogen-bond donors (Lipinski definition) is 2. The normalized spacial score (nSPS) is 17.3. The molecule has 2 aromatic rings. The maximum absolute atomic E-state index is 13.4. The van der Waals surface area contributed by atoms with Crippen LogP contribution in [0, 0.1) is 0 Å². The van der Waals surface area contributed by atoms with E-state index in [4.69, 9.17) is 0 Å². The molecule has 0 aromatic heterocycles. The van der Waals surface area contributed by atoms with Crippen LogP contribution in [0.5, 0.6) is 0 Å². The van der Waals surface area contributed by atoms with Gasteiger partial charge in [0, 0.05) is 49.1 Å². The second-order valence-corrected chi connectivity index (χ2v) is 10.2. The van der Waals surface area contributed by atoms with Crippen molar-refractivity contribution in [3.8, 4) is 0 Å². The zero-order valence-corrected chi connectivity index (χ0v) is 21.4. The van der Waals surface area contributed by atoms with E-state index in [9.17, 15) is 9.59 Å². The third-order valence-corrected chi connectivity index (χ3v) is 7.54. The van der Waals surface area contributed by atoms with Crippen molar-refractivity contribution in [2.45, 2.75) is 64.3 Å². The lowest BCUT2D eigenvalue weighted by Gasteiger charge is -2.22. The average molecular weight is 485 g/mol. The minimum Gasteiger partial charge on any atom is -0.339 e. The number of aliphatic imine (C=N–C) groups is 1. The van der Waals surface area contributed by atoms with Gasteiger partial charge in [0.05, 0.1) is 11.1 Å². The van der Waals surface area contributed by atoms with E-state index in [1.54, 1.807) is 0 Å². The van der Waals surface area contributed by atoms with Crippen molar-refractivity contribution in [1.82, 2.24) is 10.2 Å². The monoisotopic (exact) mass is 484 g/mol. The number of hydrogen-bond acceptors (Lipinski definition) is 4. The van der Waals surface area contributed by atoms with Crippen molar-refractivity contribution < 1.29 is 9.59 Å². The molecule has 188 valence electrons. The van der Waals surface area contributed by atoms with Crippen molar-refractivity contribution in [2.24, 2.45) is 4.99 Å². The molecule has 2 amide bonds. The van der Waals surface area contributed by atoms with Gasteiger partial charge in [0.25, 0.3) is 0 Å². The number of carbonyl (C=O) groups is 2. The highest BCUT2D eigenvalue weighted by Crippen LogP contribution is 2.50. The summed E-state index contributed by atoms with van der Waals surface area (Å²) >= 11 is 0. The van der Waals surface area contributed by atoms with Gasteiger partial charge in [-0.1, -0.05) is 32.0 Å². The fourth-order valence-electron chi connectivity index (χ4n) is 5.35. The summed E-state index contributed by atoms with van der Waals surface area (Å²) in [7, 11) is 0. The number of benzene rings is 2. The predicted molar refractivity (Wildman–Crippen MR) is 146 cm³/mol. The van der Waals surface area contributed by atoms with E-state index in [1.807, 2.05) is 41.5 Å². The maximum atomic E-state index is 13.4. The lowest BCUT2D eigenvalue weighted by Crippen LogP contribution is -2.33. The van der Waals surface area contributed by atoms with E-state index in [0.717, 1.165) is 86.4 Å². The summed E-state index contributed by atoms with van der Waals surface area (Å²) in [6, 6.07) is 12.3. The second kappa shape index (κ2) is 10.4. The Morgan fingerprint density at radius 2 is 1.86 bits per heavy atom. The number of carbonyl (C=O) groups excluding carboxylic acids is 2. The number of nitrogens with one attached hydrogen (secondary N) is 2. The molecule has 0 saturated heterocycles. The van der Waals surface area contributed by atoms with Gasteiger partial charge in [-0.2, -0.15) is 0 Å². The average Bonchev–Trinajstić information content (AvgIpc) is 3.72. The van der Waals surface area contributed by atoms with Crippen LogP contribution in [-0.2, 0) is 28.0 Å². The Morgan fingerprint density at radius 1 is 1.06 bits per heavy atom. The van der Waals surface area contributed by atoms with Crippen molar-refractivity contribution in [3.63, 3.8) is 0 Å². The zero-order valence-electron chi connectivity index (χ0n) is 21.4. The molecule has 3 aliphatic rings. The summed E-state index contributed by atoms with van der Waals surface area (Å²) in [6.07, 6.45) is 8.90. The third-order valence-electron chi connectivity index (χ3n) is 7.54. The molecule has 2 aromatic carbocycles. The molecule has 2 aliphatic heterocycles. The first-order chi connectivity index (χ1) is 17.5. The minimum atomic E-state index is -0.508. The van der Waals surface area contributed by atoms with Gasteiger partial charge < -0.3 is 15.5 Å².